The normalized spacial score (nSPS) is 14.0. The Kier molecular flexibility index (Phi) is 7.71. The van der Waals surface area contributed by atoms with Crippen LogP contribution < -0.4 is 15.3 Å². The Morgan fingerprint density at radius 3 is 2.25 bits per heavy atom. The van der Waals surface area contributed by atoms with Crippen molar-refractivity contribution < 1.29 is 25.5 Å². The van der Waals surface area contributed by atoms with Crippen LogP contribution in [0.1, 0.15) is 17.3 Å². The molecule has 0 radical (unpaired) electrons. The summed E-state index contributed by atoms with van der Waals surface area (Å²) in [5.41, 5.74) is 8.83. The van der Waals surface area contributed by atoms with Gasteiger partial charge >= 0.3 is 21.1 Å². The largest absolute Gasteiger partial charge is 2.00 e. The molecule has 0 spiro atoms. The molecule has 5 nitrogen and oxygen atoms in total. The number of benzene rings is 6. The van der Waals surface area contributed by atoms with Crippen molar-refractivity contribution in [1.29, 1.82) is 0 Å². The number of halogens is 1. The van der Waals surface area contributed by atoms with E-state index in [1.165, 1.54) is 21.7 Å². The van der Waals surface area contributed by atoms with Gasteiger partial charge in [0.1, 0.15) is 19.9 Å². The van der Waals surface area contributed by atoms with E-state index in [9.17, 15) is 0 Å². The number of imidazole rings is 1. The first-order valence-electron chi connectivity index (χ1n) is 18.2. The number of aromatic nitrogens is 4. The van der Waals surface area contributed by atoms with Gasteiger partial charge in [-0.05, 0) is 64.3 Å². The van der Waals surface area contributed by atoms with Crippen LogP contribution in [0.15, 0.2) is 152 Å². The SMILES string of the molecule is C[Si]1(C)c2ccccc2N(c2ccccc2)c2cc3c4cccnc4n(-c4[c-]c(C(F)c5[c-]c6c(cc5)c5ccccc5n5ccnc65)ccc4)c3cc21.[Pt+2]. The fourth-order valence-corrected chi connectivity index (χ4v) is 11.7. The van der Waals surface area contributed by atoms with Crippen LogP contribution in [0, 0.1) is 12.1 Å². The summed E-state index contributed by atoms with van der Waals surface area (Å²) in [5.74, 6) is 0. The van der Waals surface area contributed by atoms with E-state index in [4.69, 9.17) is 4.98 Å². The summed E-state index contributed by atoms with van der Waals surface area (Å²) < 4.78 is 21.0. The number of hydrogen-bond acceptors (Lipinski definition) is 3. The zero-order valence-corrected chi connectivity index (χ0v) is 33.2. The number of hydrogen-bond donors (Lipinski definition) is 0. The molecule has 1 aliphatic heterocycles. The molecule has 0 amide bonds. The first kappa shape index (κ1) is 33.7. The molecule has 1 unspecified atom stereocenters. The smallest absolute Gasteiger partial charge is 0.340 e. The van der Waals surface area contributed by atoms with Gasteiger partial charge in [0.05, 0.1) is 11.2 Å². The predicted molar refractivity (Wildman–Crippen MR) is 221 cm³/mol. The van der Waals surface area contributed by atoms with Crippen LogP contribution in [0.3, 0.4) is 0 Å². The van der Waals surface area contributed by atoms with Crippen molar-refractivity contribution in [3.8, 4) is 5.69 Å². The molecule has 266 valence electrons. The van der Waals surface area contributed by atoms with E-state index < -0.39 is 14.2 Å². The molecule has 55 heavy (non-hydrogen) atoms. The molecule has 8 heteroatoms. The van der Waals surface area contributed by atoms with Gasteiger partial charge in [0.15, 0.2) is 0 Å². The summed E-state index contributed by atoms with van der Waals surface area (Å²) in [5, 5.41) is 7.73. The third kappa shape index (κ3) is 4.93. The van der Waals surface area contributed by atoms with Crippen molar-refractivity contribution in [2.24, 2.45) is 0 Å². The van der Waals surface area contributed by atoms with E-state index in [1.807, 2.05) is 65.3 Å². The molecular formula is C47H32FN5PtSi. The number of nitrogens with zero attached hydrogens (tertiary/aromatic N) is 5. The van der Waals surface area contributed by atoms with E-state index >= 15 is 4.39 Å². The maximum absolute atomic E-state index is 16.8. The Bertz CT molecular complexity index is 3130. The molecule has 0 saturated carbocycles. The Morgan fingerprint density at radius 2 is 1.36 bits per heavy atom. The average Bonchev–Trinajstić information content (AvgIpc) is 3.84. The van der Waals surface area contributed by atoms with Crippen molar-refractivity contribution in [2.75, 3.05) is 4.90 Å². The summed E-state index contributed by atoms with van der Waals surface area (Å²) in [6.07, 6.45) is 4.10. The van der Waals surface area contributed by atoms with Gasteiger partial charge in [-0.15, -0.1) is 29.8 Å². The molecule has 0 saturated heterocycles. The Morgan fingerprint density at radius 1 is 0.600 bits per heavy atom. The monoisotopic (exact) mass is 908 g/mol. The van der Waals surface area contributed by atoms with Gasteiger partial charge in [-0.1, -0.05) is 89.7 Å². The standard InChI is InChI=1S/C47H32FN5Si.Pt/c1-54(2)43-20-9-8-19-40(43)52(32-13-4-3-5-14-32)42-28-37-36-17-11-23-49-47(36)53(41(37)29-44(42)54)33-15-10-12-30(26-33)45(48)31-21-22-34-35-16-6-7-18-39(35)51-25-24-50-46(51)38(34)27-31;/h3-25,28-29,45H,1-2H3;/q-2;+2. The zero-order chi connectivity index (χ0) is 36.1. The van der Waals surface area contributed by atoms with Crippen molar-refractivity contribution in [2.45, 2.75) is 19.3 Å². The average molecular weight is 909 g/mol. The number of anilines is 3. The Balaban J connectivity index is 0.00000372. The van der Waals surface area contributed by atoms with E-state index in [1.54, 1.807) is 6.20 Å². The van der Waals surface area contributed by atoms with Crippen molar-refractivity contribution in [3.05, 3.63) is 175 Å². The molecular weight excluding hydrogens is 877 g/mol. The molecule has 5 heterocycles. The molecule has 6 aromatic carbocycles. The van der Waals surface area contributed by atoms with Crippen LogP contribution in [-0.2, 0) is 21.1 Å². The zero-order valence-electron chi connectivity index (χ0n) is 29.9. The maximum atomic E-state index is 16.8. The first-order chi connectivity index (χ1) is 26.5. The van der Waals surface area contributed by atoms with Gasteiger partial charge < -0.3 is 13.9 Å². The van der Waals surface area contributed by atoms with Crippen molar-refractivity contribution in [1.82, 2.24) is 18.9 Å². The molecule has 4 aromatic heterocycles. The van der Waals surface area contributed by atoms with E-state index in [0.717, 1.165) is 60.6 Å². The molecule has 0 fully saturated rings. The summed E-state index contributed by atoms with van der Waals surface area (Å²) >= 11 is 0. The van der Waals surface area contributed by atoms with Crippen molar-refractivity contribution in [3.63, 3.8) is 0 Å². The molecule has 1 aliphatic rings. The van der Waals surface area contributed by atoms with Crippen LogP contribution in [0.4, 0.5) is 21.5 Å². The van der Waals surface area contributed by atoms with E-state index in [2.05, 4.69) is 125 Å². The summed E-state index contributed by atoms with van der Waals surface area (Å²) in [7, 11) is -2.18. The van der Waals surface area contributed by atoms with Crippen LogP contribution in [0.2, 0.25) is 13.1 Å². The number of pyridine rings is 2. The minimum atomic E-state index is -2.18. The number of alkyl halides is 1. The van der Waals surface area contributed by atoms with E-state index in [-0.39, 0.29) is 21.1 Å². The number of fused-ring (bicyclic) bond motifs is 11. The topological polar surface area (TPSA) is 38.4 Å². The number of rotatable bonds is 4. The summed E-state index contributed by atoms with van der Waals surface area (Å²) in [6.45, 7) is 4.87. The molecule has 1 atom stereocenters. The molecule has 0 aliphatic carbocycles. The van der Waals surface area contributed by atoms with Gasteiger partial charge in [0.2, 0.25) is 0 Å². The van der Waals surface area contributed by atoms with Crippen molar-refractivity contribution >= 4 is 84.8 Å². The minimum Gasteiger partial charge on any atom is -0.340 e. The van der Waals surface area contributed by atoms with Crippen LogP contribution >= 0.6 is 0 Å². The second kappa shape index (κ2) is 12.6. The Hall–Kier alpha value is -5.88. The van der Waals surface area contributed by atoms with Gasteiger partial charge in [-0.3, -0.25) is 4.98 Å². The molecule has 10 aromatic rings. The molecule has 0 bridgehead atoms. The molecule has 0 N–H and O–H groups in total. The fourth-order valence-electron chi connectivity index (χ4n) is 8.71. The second-order valence-corrected chi connectivity index (χ2v) is 18.9. The number of para-hydroxylation sites is 3. The van der Waals surface area contributed by atoms with Crippen LogP contribution in [0.5, 0.6) is 0 Å². The third-order valence-electron chi connectivity index (χ3n) is 11.3. The summed E-state index contributed by atoms with van der Waals surface area (Å²) in [4.78, 5) is 12.0. The van der Waals surface area contributed by atoms with Gasteiger partial charge in [0.25, 0.3) is 0 Å². The minimum absolute atomic E-state index is 0. The quantitative estimate of drug-likeness (QED) is 0.100. The third-order valence-corrected chi connectivity index (χ3v) is 14.8. The first-order valence-corrected chi connectivity index (χ1v) is 21.2. The van der Waals surface area contributed by atoms with Gasteiger partial charge in [-0.25, -0.2) is 9.37 Å². The van der Waals surface area contributed by atoms with Crippen LogP contribution in [0.25, 0.3) is 54.9 Å². The Labute approximate surface area is 332 Å². The fraction of sp³-hybridized carbons (Fsp3) is 0.0638. The second-order valence-electron chi connectivity index (χ2n) is 14.6. The van der Waals surface area contributed by atoms with Gasteiger partial charge in [-0.2, -0.15) is 18.2 Å². The maximum Gasteiger partial charge on any atom is 2.00 e. The van der Waals surface area contributed by atoms with Gasteiger partial charge in [0, 0.05) is 51.9 Å². The predicted octanol–water partition coefficient (Wildman–Crippen LogP) is 10.4. The van der Waals surface area contributed by atoms with Crippen LogP contribution in [-0.4, -0.2) is 27.0 Å². The molecule has 11 rings (SSSR count). The van der Waals surface area contributed by atoms with E-state index in [0.29, 0.717) is 11.1 Å². The summed E-state index contributed by atoms with van der Waals surface area (Å²) in [6, 6.07) is 53.0.